The maximum Gasteiger partial charge on any atom is 0.326 e. The standard InChI is InChI=1S/C21H20N2O5S/c24-18(22-11-6-12-29-15-7-2-1-3-8-15)14-28-19(25)13-23-17-10-5-4-9-16(17)20(26)21(23)27/h1-5,7-10H,6,11-14H2,(H,22,24). The van der Waals surface area contributed by atoms with Gasteiger partial charge in [0.2, 0.25) is 0 Å². The van der Waals surface area contributed by atoms with Gasteiger partial charge in [-0.3, -0.25) is 24.1 Å². The fourth-order valence-electron chi connectivity index (χ4n) is 2.78. The lowest BCUT2D eigenvalue weighted by atomic mass is 10.1. The predicted octanol–water partition coefficient (Wildman–Crippen LogP) is 2.06. The highest BCUT2D eigenvalue weighted by atomic mass is 32.2. The Hall–Kier alpha value is -3.13. The molecule has 0 fully saturated rings. The van der Waals surface area contributed by atoms with Crippen LogP contribution in [0.15, 0.2) is 59.5 Å². The second-order valence-electron chi connectivity index (χ2n) is 6.26. The smallest absolute Gasteiger partial charge is 0.326 e. The summed E-state index contributed by atoms with van der Waals surface area (Å²) in [6, 6.07) is 16.4. The fourth-order valence-corrected chi connectivity index (χ4v) is 3.66. The number of esters is 1. The number of hydrogen-bond acceptors (Lipinski definition) is 6. The molecule has 2 amide bonds. The molecule has 7 nitrogen and oxygen atoms in total. The molecule has 0 saturated carbocycles. The summed E-state index contributed by atoms with van der Waals surface area (Å²) < 4.78 is 4.93. The van der Waals surface area contributed by atoms with Crippen molar-refractivity contribution < 1.29 is 23.9 Å². The number of carbonyl (C=O) groups is 4. The predicted molar refractivity (Wildman–Crippen MR) is 109 cm³/mol. The van der Waals surface area contributed by atoms with Gasteiger partial charge in [-0.25, -0.2) is 0 Å². The Bertz CT molecular complexity index is 916. The molecule has 0 aromatic heterocycles. The number of para-hydroxylation sites is 1. The van der Waals surface area contributed by atoms with Crippen molar-refractivity contribution in [3.05, 3.63) is 60.2 Å². The average Bonchev–Trinajstić information content (AvgIpc) is 2.98. The van der Waals surface area contributed by atoms with E-state index in [0.29, 0.717) is 12.2 Å². The molecule has 2 aromatic rings. The van der Waals surface area contributed by atoms with Gasteiger partial charge in [-0.1, -0.05) is 30.3 Å². The lowest BCUT2D eigenvalue weighted by molar-refractivity contribution is -0.147. The molecule has 0 atom stereocenters. The molecule has 1 N–H and O–H groups in total. The van der Waals surface area contributed by atoms with E-state index in [1.54, 1.807) is 30.0 Å². The van der Waals surface area contributed by atoms with Gasteiger partial charge in [-0.05, 0) is 36.4 Å². The first kappa shape index (κ1) is 20.6. The Morgan fingerprint density at radius 3 is 2.52 bits per heavy atom. The number of benzene rings is 2. The van der Waals surface area contributed by atoms with Crippen molar-refractivity contribution >= 4 is 41.0 Å². The third-order valence-corrected chi connectivity index (χ3v) is 5.28. The largest absolute Gasteiger partial charge is 0.454 e. The van der Waals surface area contributed by atoms with E-state index in [2.05, 4.69) is 5.32 Å². The van der Waals surface area contributed by atoms with Crippen LogP contribution in [-0.2, 0) is 19.1 Å². The number of ketones is 1. The number of amides is 2. The fraction of sp³-hybridized carbons (Fsp3) is 0.238. The van der Waals surface area contributed by atoms with Gasteiger partial charge in [0.15, 0.2) is 6.61 Å². The molecule has 0 aliphatic carbocycles. The average molecular weight is 412 g/mol. The van der Waals surface area contributed by atoms with E-state index in [1.807, 2.05) is 30.3 Å². The van der Waals surface area contributed by atoms with Crippen LogP contribution < -0.4 is 10.2 Å². The summed E-state index contributed by atoms with van der Waals surface area (Å²) in [5.41, 5.74) is 0.635. The van der Waals surface area contributed by atoms with E-state index in [9.17, 15) is 19.2 Å². The van der Waals surface area contributed by atoms with Gasteiger partial charge in [-0.15, -0.1) is 11.8 Å². The summed E-state index contributed by atoms with van der Waals surface area (Å²) >= 11 is 1.70. The Morgan fingerprint density at radius 1 is 1.00 bits per heavy atom. The maximum atomic E-state index is 12.0. The molecule has 1 aliphatic rings. The number of hydrogen-bond donors (Lipinski definition) is 1. The van der Waals surface area contributed by atoms with Crippen molar-refractivity contribution in [2.24, 2.45) is 0 Å². The molecule has 1 heterocycles. The molecule has 8 heteroatoms. The van der Waals surface area contributed by atoms with E-state index >= 15 is 0 Å². The van der Waals surface area contributed by atoms with Gasteiger partial charge in [0.1, 0.15) is 6.54 Å². The SMILES string of the molecule is O=C(COC(=O)CN1C(=O)C(=O)c2ccccc21)NCCCSc1ccccc1. The van der Waals surface area contributed by atoms with Gasteiger partial charge in [0.05, 0.1) is 11.3 Å². The summed E-state index contributed by atoms with van der Waals surface area (Å²) in [6.45, 7) is -0.367. The summed E-state index contributed by atoms with van der Waals surface area (Å²) in [5, 5.41) is 2.69. The minimum atomic E-state index is -0.775. The van der Waals surface area contributed by atoms with Crippen LogP contribution in [-0.4, -0.2) is 49.0 Å². The van der Waals surface area contributed by atoms with Crippen LogP contribution in [0.4, 0.5) is 5.69 Å². The number of rotatable bonds is 9. The topological polar surface area (TPSA) is 92.8 Å². The number of fused-ring (bicyclic) bond motifs is 1. The van der Waals surface area contributed by atoms with E-state index in [0.717, 1.165) is 17.1 Å². The van der Waals surface area contributed by atoms with Crippen molar-refractivity contribution in [1.29, 1.82) is 0 Å². The molecule has 0 saturated heterocycles. The molecule has 2 aromatic carbocycles. The lowest BCUT2D eigenvalue weighted by Gasteiger charge is -2.15. The third kappa shape index (κ3) is 5.45. The van der Waals surface area contributed by atoms with Crippen molar-refractivity contribution in [3.63, 3.8) is 0 Å². The first-order chi connectivity index (χ1) is 14.1. The minimum absolute atomic E-state index is 0.261. The van der Waals surface area contributed by atoms with Crippen LogP contribution in [0, 0.1) is 0 Å². The highest BCUT2D eigenvalue weighted by molar-refractivity contribution is 7.99. The van der Waals surface area contributed by atoms with Gasteiger partial charge in [0.25, 0.3) is 17.6 Å². The minimum Gasteiger partial charge on any atom is -0.454 e. The lowest BCUT2D eigenvalue weighted by Crippen LogP contribution is -2.37. The second-order valence-corrected chi connectivity index (χ2v) is 7.43. The molecule has 0 unspecified atom stereocenters. The summed E-state index contributed by atoms with van der Waals surface area (Å²) in [4.78, 5) is 50.0. The maximum absolute atomic E-state index is 12.0. The zero-order chi connectivity index (χ0) is 20.6. The van der Waals surface area contributed by atoms with E-state index in [4.69, 9.17) is 4.74 Å². The zero-order valence-corrected chi connectivity index (χ0v) is 16.4. The van der Waals surface area contributed by atoms with E-state index < -0.39 is 36.7 Å². The van der Waals surface area contributed by atoms with Crippen LogP contribution in [0.25, 0.3) is 0 Å². The quantitative estimate of drug-likeness (QED) is 0.293. The first-order valence-corrected chi connectivity index (χ1v) is 10.1. The molecule has 3 rings (SSSR count). The monoisotopic (exact) mass is 412 g/mol. The van der Waals surface area contributed by atoms with Crippen LogP contribution in [0.1, 0.15) is 16.8 Å². The molecule has 0 spiro atoms. The number of Topliss-reactive ketones (excluding diaryl/α,β-unsaturated/α-hetero) is 1. The van der Waals surface area contributed by atoms with Crippen LogP contribution in [0.5, 0.6) is 0 Å². The number of carbonyl (C=O) groups excluding carboxylic acids is 4. The number of nitrogens with zero attached hydrogens (tertiary/aromatic N) is 1. The van der Waals surface area contributed by atoms with Crippen LogP contribution in [0.3, 0.4) is 0 Å². The molecule has 150 valence electrons. The normalized spacial score (nSPS) is 12.6. The molecular weight excluding hydrogens is 392 g/mol. The van der Waals surface area contributed by atoms with Crippen molar-refractivity contribution in [1.82, 2.24) is 5.32 Å². The molecule has 29 heavy (non-hydrogen) atoms. The number of anilines is 1. The molecule has 0 radical (unpaired) electrons. The number of ether oxygens (including phenoxy) is 1. The Morgan fingerprint density at radius 2 is 1.72 bits per heavy atom. The molecular formula is C21H20N2O5S. The Labute approximate surface area is 172 Å². The van der Waals surface area contributed by atoms with Crippen molar-refractivity contribution in [3.8, 4) is 0 Å². The summed E-state index contributed by atoms with van der Waals surface area (Å²) in [7, 11) is 0. The first-order valence-electron chi connectivity index (χ1n) is 9.11. The van der Waals surface area contributed by atoms with Gasteiger partial charge in [-0.2, -0.15) is 0 Å². The number of nitrogens with one attached hydrogen (secondary N) is 1. The summed E-state index contributed by atoms with van der Waals surface area (Å²) in [6.07, 6.45) is 0.778. The van der Waals surface area contributed by atoms with Gasteiger partial charge >= 0.3 is 5.97 Å². The van der Waals surface area contributed by atoms with Gasteiger partial charge < -0.3 is 10.1 Å². The van der Waals surface area contributed by atoms with E-state index in [-0.39, 0.29) is 5.56 Å². The second kappa shape index (κ2) is 9.88. The van der Waals surface area contributed by atoms with Crippen LogP contribution >= 0.6 is 11.8 Å². The Kier molecular flexibility index (Phi) is 7.02. The van der Waals surface area contributed by atoms with E-state index in [1.165, 1.54) is 11.0 Å². The van der Waals surface area contributed by atoms with Gasteiger partial charge in [0, 0.05) is 11.4 Å². The van der Waals surface area contributed by atoms with Crippen molar-refractivity contribution in [2.75, 3.05) is 30.3 Å². The highest BCUT2D eigenvalue weighted by Gasteiger charge is 2.36. The Balaban J connectivity index is 1.35. The molecule has 1 aliphatic heterocycles. The third-order valence-electron chi connectivity index (χ3n) is 4.19. The van der Waals surface area contributed by atoms with Crippen LogP contribution in [0.2, 0.25) is 0 Å². The highest BCUT2D eigenvalue weighted by Crippen LogP contribution is 2.28. The number of thioether (sulfide) groups is 1. The summed E-state index contributed by atoms with van der Waals surface area (Å²) in [5.74, 6) is -1.73. The molecule has 0 bridgehead atoms. The van der Waals surface area contributed by atoms with Crippen molar-refractivity contribution in [2.45, 2.75) is 11.3 Å². The zero-order valence-electron chi connectivity index (χ0n) is 15.6.